The number of aryl methyl sites for hydroxylation is 2. The van der Waals surface area contributed by atoms with E-state index in [-0.39, 0.29) is 0 Å². The minimum atomic E-state index is 0.669. The molecule has 0 radical (unpaired) electrons. The molecule has 0 unspecified atom stereocenters. The molecule has 0 aliphatic carbocycles. The van der Waals surface area contributed by atoms with Gasteiger partial charge in [-0.15, -0.1) is 0 Å². The van der Waals surface area contributed by atoms with Crippen LogP contribution in [0.4, 0.5) is 0 Å². The van der Waals surface area contributed by atoms with Gasteiger partial charge >= 0.3 is 0 Å². The van der Waals surface area contributed by atoms with Crippen LogP contribution in [0.5, 0.6) is 0 Å². The van der Waals surface area contributed by atoms with Crippen molar-refractivity contribution in [1.82, 2.24) is 9.97 Å². The molecule has 1 aromatic heterocycles. The van der Waals surface area contributed by atoms with Gasteiger partial charge in [0.05, 0.1) is 11.9 Å². The van der Waals surface area contributed by atoms with Gasteiger partial charge in [-0.05, 0) is 26.3 Å². The van der Waals surface area contributed by atoms with E-state index in [1.807, 2.05) is 13.8 Å². The van der Waals surface area contributed by atoms with Crippen molar-refractivity contribution in [3.63, 3.8) is 0 Å². The summed E-state index contributed by atoms with van der Waals surface area (Å²) >= 11 is 0. The van der Waals surface area contributed by atoms with Crippen LogP contribution in [0.3, 0.4) is 0 Å². The third-order valence-corrected chi connectivity index (χ3v) is 1.72. The fourth-order valence-electron chi connectivity index (χ4n) is 0.975. The highest BCUT2D eigenvalue weighted by molar-refractivity contribution is 5.78. The van der Waals surface area contributed by atoms with Crippen LogP contribution < -0.4 is 0 Å². The molecule has 0 amide bonds. The van der Waals surface area contributed by atoms with Crippen LogP contribution in [0, 0.1) is 20.8 Å². The first-order valence-corrected chi connectivity index (χ1v) is 3.64. The van der Waals surface area contributed by atoms with Crippen molar-refractivity contribution in [2.45, 2.75) is 20.8 Å². The van der Waals surface area contributed by atoms with Gasteiger partial charge in [0.1, 0.15) is 5.82 Å². The van der Waals surface area contributed by atoms with Crippen molar-refractivity contribution in [3.8, 4) is 0 Å². The largest absolute Gasteiger partial charge is 0.411 e. The van der Waals surface area contributed by atoms with Gasteiger partial charge in [0.2, 0.25) is 0 Å². The van der Waals surface area contributed by atoms with Crippen LogP contribution in [-0.2, 0) is 0 Å². The molecule has 64 valence electrons. The summed E-state index contributed by atoms with van der Waals surface area (Å²) in [5, 5.41) is 11.3. The smallest absolute Gasteiger partial charge is 0.126 e. The van der Waals surface area contributed by atoms with E-state index in [0.717, 1.165) is 11.3 Å². The normalized spacial score (nSPS) is 10.9. The first-order valence-electron chi connectivity index (χ1n) is 3.64. The Hall–Kier alpha value is -1.45. The molecule has 1 aromatic rings. The standard InChI is InChI=1S/C8H11N3O/c1-5-6(2)10-7(3)11-8(5)4-9-12/h4,12H,1-3H3/b9-4-. The Morgan fingerprint density at radius 2 is 1.92 bits per heavy atom. The molecule has 0 saturated carbocycles. The Balaban J connectivity index is 3.27. The summed E-state index contributed by atoms with van der Waals surface area (Å²) < 4.78 is 0. The summed E-state index contributed by atoms with van der Waals surface area (Å²) in [6, 6.07) is 0. The monoisotopic (exact) mass is 165 g/mol. The first-order chi connectivity index (χ1) is 5.65. The lowest BCUT2D eigenvalue weighted by atomic mass is 10.2. The third-order valence-electron chi connectivity index (χ3n) is 1.72. The molecule has 0 fully saturated rings. The predicted octanol–water partition coefficient (Wildman–Crippen LogP) is 1.21. The van der Waals surface area contributed by atoms with E-state index >= 15 is 0 Å². The van der Waals surface area contributed by atoms with Crippen LogP contribution in [0.2, 0.25) is 0 Å². The van der Waals surface area contributed by atoms with Gasteiger partial charge in [-0.3, -0.25) is 0 Å². The molecule has 0 aliphatic rings. The van der Waals surface area contributed by atoms with Crippen LogP contribution in [-0.4, -0.2) is 21.4 Å². The fourth-order valence-corrected chi connectivity index (χ4v) is 0.975. The van der Waals surface area contributed by atoms with Crippen molar-refractivity contribution >= 4 is 6.21 Å². The van der Waals surface area contributed by atoms with Gasteiger partial charge in [0, 0.05) is 5.69 Å². The zero-order valence-corrected chi connectivity index (χ0v) is 7.37. The lowest BCUT2D eigenvalue weighted by Gasteiger charge is -2.02. The average Bonchev–Trinajstić information content (AvgIpc) is 2.00. The van der Waals surface area contributed by atoms with Gasteiger partial charge in [0.15, 0.2) is 0 Å². The quantitative estimate of drug-likeness (QED) is 0.386. The van der Waals surface area contributed by atoms with Gasteiger partial charge < -0.3 is 5.21 Å². The van der Waals surface area contributed by atoms with E-state index in [1.54, 1.807) is 6.92 Å². The van der Waals surface area contributed by atoms with Crippen molar-refractivity contribution in [3.05, 3.63) is 22.8 Å². The Morgan fingerprint density at radius 3 is 2.50 bits per heavy atom. The van der Waals surface area contributed by atoms with Gasteiger partial charge in [-0.2, -0.15) is 0 Å². The molecule has 4 heteroatoms. The zero-order valence-electron chi connectivity index (χ0n) is 7.37. The number of hydrogen-bond donors (Lipinski definition) is 1. The molecular formula is C8H11N3O. The van der Waals surface area contributed by atoms with E-state index in [2.05, 4.69) is 15.1 Å². The molecule has 0 bridgehead atoms. The second-order valence-electron chi connectivity index (χ2n) is 2.61. The van der Waals surface area contributed by atoms with Crippen molar-refractivity contribution < 1.29 is 5.21 Å². The van der Waals surface area contributed by atoms with Crippen LogP contribution >= 0.6 is 0 Å². The summed E-state index contributed by atoms with van der Waals surface area (Å²) in [7, 11) is 0. The lowest BCUT2D eigenvalue weighted by molar-refractivity contribution is 0.321. The molecule has 0 aliphatic heterocycles. The second kappa shape index (κ2) is 3.30. The highest BCUT2D eigenvalue weighted by Crippen LogP contribution is 2.06. The number of oxime groups is 1. The van der Waals surface area contributed by atoms with Gasteiger partial charge in [-0.25, -0.2) is 9.97 Å². The maximum absolute atomic E-state index is 8.33. The van der Waals surface area contributed by atoms with E-state index < -0.39 is 0 Å². The number of rotatable bonds is 1. The summed E-state index contributed by atoms with van der Waals surface area (Å²) in [6.07, 6.45) is 1.32. The van der Waals surface area contributed by atoms with E-state index in [0.29, 0.717) is 11.5 Å². The van der Waals surface area contributed by atoms with Crippen molar-refractivity contribution in [1.29, 1.82) is 0 Å². The molecule has 0 aromatic carbocycles. The molecule has 4 nitrogen and oxygen atoms in total. The van der Waals surface area contributed by atoms with E-state index in [4.69, 9.17) is 5.21 Å². The molecule has 0 atom stereocenters. The van der Waals surface area contributed by atoms with Crippen LogP contribution in [0.25, 0.3) is 0 Å². The van der Waals surface area contributed by atoms with Crippen molar-refractivity contribution in [2.24, 2.45) is 5.16 Å². The minimum absolute atomic E-state index is 0.669. The summed E-state index contributed by atoms with van der Waals surface area (Å²) in [5.41, 5.74) is 2.53. The molecule has 1 N–H and O–H groups in total. The average molecular weight is 165 g/mol. The molecule has 1 rings (SSSR count). The van der Waals surface area contributed by atoms with Crippen molar-refractivity contribution in [2.75, 3.05) is 0 Å². The SMILES string of the molecule is Cc1nc(C)c(C)c(/C=N\O)n1. The summed E-state index contributed by atoms with van der Waals surface area (Å²) in [4.78, 5) is 8.26. The van der Waals surface area contributed by atoms with Crippen LogP contribution in [0.1, 0.15) is 22.8 Å². The number of hydrogen-bond acceptors (Lipinski definition) is 4. The third kappa shape index (κ3) is 1.58. The minimum Gasteiger partial charge on any atom is -0.411 e. The Kier molecular flexibility index (Phi) is 2.38. The number of aromatic nitrogens is 2. The van der Waals surface area contributed by atoms with Gasteiger partial charge in [0.25, 0.3) is 0 Å². The first kappa shape index (κ1) is 8.64. The summed E-state index contributed by atoms with van der Waals surface area (Å²) in [6.45, 7) is 5.60. The van der Waals surface area contributed by atoms with Crippen LogP contribution in [0.15, 0.2) is 5.16 Å². The Bertz CT molecular complexity index is 320. The maximum atomic E-state index is 8.33. The Labute approximate surface area is 71.0 Å². The van der Waals surface area contributed by atoms with E-state index in [1.165, 1.54) is 6.21 Å². The molecular weight excluding hydrogens is 154 g/mol. The topological polar surface area (TPSA) is 58.4 Å². The maximum Gasteiger partial charge on any atom is 0.126 e. The fraction of sp³-hybridized carbons (Fsp3) is 0.375. The van der Waals surface area contributed by atoms with Gasteiger partial charge in [-0.1, -0.05) is 5.16 Å². The molecule has 0 saturated heterocycles. The highest BCUT2D eigenvalue weighted by atomic mass is 16.4. The summed E-state index contributed by atoms with van der Waals surface area (Å²) in [5.74, 6) is 0.688. The van der Waals surface area contributed by atoms with E-state index in [9.17, 15) is 0 Å². The highest BCUT2D eigenvalue weighted by Gasteiger charge is 2.02. The lowest BCUT2D eigenvalue weighted by Crippen LogP contribution is -2.01. The molecule has 1 heterocycles. The second-order valence-corrected chi connectivity index (χ2v) is 2.61. The molecule has 12 heavy (non-hydrogen) atoms. The molecule has 0 spiro atoms. The zero-order chi connectivity index (χ0) is 9.14. The Morgan fingerprint density at radius 1 is 1.25 bits per heavy atom. The predicted molar refractivity (Wildman–Crippen MR) is 45.6 cm³/mol. The number of nitrogens with zero attached hydrogens (tertiary/aromatic N) is 3.